The number of alkyl halides is 9. The predicted octanol–water partition coefficient (Wildman–Crippen LogP) is 15.3. The van der Waals surface area contributed by atoms with Crippen LogP contribution in [-0.2, 0) is 85.8 Å². The number of aryl methyl sites for hydroxylation is 6. The van der Waals surface area contributed by atoms with Crippen molar-refractivity contribution in [3.05, 3.63) is 253 Å². The molecule has 114 heavy (non-hydrogen) atoms. The van der Waals surface area contributed by atoms with Crippen LogP contribution in [0.4, 0.5) is 39.5 Å². The van der Waals surface area contributed by atoms with E-state index in [2.05, 4.69) is 44.9 Å². The molecule has 0 spiro atoms. The number of fused-ring (bicyclic) bond motifs is 3. The fourth-order valence-corrected chi connectivity index (χ4v) is 12.7. The van der Waals surface area contributed by atoms with Crippen LogP contribution in [0.2, 0.25) is 0 Å². The molecular weight excluding hydrogens is 1490 g/mol. The van der Waals surface area contributed by atoms with Gasteiger partial charge in [-0.3, -0.25) is 37.4 Å². The summed E-state index contributed by atoms with van der Waals surface area (Å²) in [6.07, 6.45) is -4.53. The molecule has 0 amide bonds. The first-order chi connectivity index (χ1) is 56.6. The zero-order chi connectivity index (χ0) is 87.9. The van der Waals surface area contributed by atoms with Crippen LogP contribution in [0.5, 0.6) is 0 Å². The van der Waals surface area contributed by atoms with Crippen molar-refractivity contribution in [2.24, 2.45) is 42.1 Å². The molecule has 1 N–H and O–H groups in total. The zero-order valence-electron chi connectivity index (χ0n) is 70.0. The average molecular weight is 1580 g/mol. The Bertz CT molecular complexity index is 6600. The molecule has 0 bridgehead atoms. The number of benzene rings is 4. The van der Waals surface area contributed by atoms with E-state index in [9.17, 15) is 59.0 Å². The van der Waals surface area contributed by atoms with Gasteiger partial charge in [-0.1, -0.05) is 140 Å². The largest absolute Gasteiger partial charge is 0.434 e. The average Bonchev–Trinajstić information content (AvgIpc) is 1.58. The lowest BCUT2D eigenvalue weighted by Crippen LogP contribution is -2.22. The van der Waals surface area contributed by atoms with Crippen molar-refractivity contribution < 1.29 is 57.0 Å². The summed E-state index contributed by atoms with van der Waals surface area (Å²) < 4.78 is 198. The van der Waals surface area contributed by atoms with E-state index >= 15 is 0 Å². The lowest BCUT2D eigenvalue weighted by Gasteiger charge is -2.20. The molecule has 11 aromatic heterocycles. The number of aliphatic hydroxyl groups is 1. The molecule has 0 unspecified atom stereocenters. The van der Waals surface area contributed by atoms with Gasteiger partial charge in [0.05, 0.1) is 55.2 Å². The number of rotatable bonds is 15. The molecule has 592 valence electrons. The van der Waals surface area contributed by atoms with E-state index in [0.717, 1.165) is 23.0 Å². The summed E-state index contributed by atoms with van der Waals surface area (Å²) in [4.78, 5) is 86.5. The predicted molar refractivity (Wildman–Crippen MR) is 415 cm³/mol. The Labute approximate surface area is 659 Å². The molecule has 0 atom stereocenters. The smallest absolute Gasteiger partial charge is 0.386 e. The van der Waals surface area contributed by atoms with Crippen molar-refractivity contribution in [1.82, 2.24) is 95.9 Å². The van der Waals surface area contributed by atoms with Gasteiger partial charge in [0.25, 0.3) is 0 Å². The van der Waals surface area contributed by atoms with Crippen molar-refractivity contribution in [3.63, 3.8) is 0 Å². The van der Waals surface area contributed by atoms with Gasteiger partial charge in [0.1, 0.15) is 34.0 Å². The summed E-state index contributed by atoms with van der Waals surface area (Å²) in [5, 5.41) is 10.6. The lowest BCUT2D eigenvalue weighted by molar-refractivity contribution is -0.141. The summed E-state index contributed by atoms with van der Waals surface area (Å²) in [6.45, 7) is 2.82. The number of hydrogen-bond donors (Lipinski definition) is 1. The normalized spacial score (nSPS) is 13.5. The number of nitrogens with zero attached hydrogens (tertiary/aromatic N) is 20. The van der Waals surface area contributed by atoms with Crippen molar-refractivity contribution in [3.8, 4) is 68.3 Å². The molecule has 24 nitrogen and oxygen atoms in total. The van der Waals surface area contributed by atoms with Gasteiger partial charge in [-0.15, -0.1) is 0 Å². The fraction of sp³-hybridized carbons (Fsp3) is 0.284. The Kier molecular flexibility index (Phi) is 19.6. The first-order valence-electron chi connectivity index (χ1n) is 38.9. The maximum atomic E-state index is 13.4. The van der Waals surface area contributed by atoms with Crippen molar-refractivity contribution in [2.75, 3.05) is 0 Å². The molecular formula is C81H81F9N20O4. The van der Waals surface area contributed by atoms with Gasteiger partial charge in [0.2, 0.25) is 0 Å². The SMILES string of the molecule is C.C.Cn1cc(C(F)(F)F)nc1-c1ccc(Cn2c(=O)n(C)c3cnc(-c4ccccc4C(C)(C)O)nc32)cc1.[2H]C([2H])([2H])n1cc(C(F)(F)F)nc1-c1ccc(Cn2c(=O)n(C([2H])([2H])[2H])c3cnc(-c4cccnc4C(C)C)nc32)cc1.[2H]C([2H])([2H])n1cc(C(F)(F)F)nc1-c1ccc(Cn2c(=O)n(C)c3cnc(-c4cccnc4C(C)C)nc32)cc1. The topological polar surface area (TPSA) is 258 Å². The Morgan fingerprint density at radius 2 is 0.719 bits per heavy atom. The molecule has 0 saturated carbocycles. The Hall–Kier alpha value is -12.8. The Balaban J connectivity index is 0.000000179. The van der Waals surface area contributed by atoms with Crippen LogP contribution < -0.4 is 17.1 Å². The first-order valence-corrected chi connectivity index (χ1v) is 34.4. The minimum atomic E-state index is -4.85. The Morgan fingerprint density at radius 1 is 0.404 bits per heavy atom. The third-order valence-corrected chi connectivity index (χ3v) is 18.3. The second-order valence-electron chi connectivity index (χ2n) is 27.3. The summed E-state index contributed by atoms with van der Waals surface area (Å²) in [5.41, 5.74) is 2.63. The highest BCUT2D eigenvalue weighted by molar-refractivity contribution is 5.77. The molecule has 33 heteroatoms. The van der Waals surface area contributed by atoms with E-state index < -0.39 is 73.7 Å². The highest BCUT2D eigenvalue weighted by Gasteiger charge is 2.37. The van der Waals surface area contributed by atoms with Gasteiger partial charge in [0.15, 0.2) is 51.5 Å². The van der Waals surface area contributed by atoms with Crippen LogP contribution in [0.15, 0.2) is 185 Å². The molecule has 0 aliphatic carbocycles. The maximum Gasteiger partial charge on any atom is 0.434 e. The summed E-state index contributed by atoms with van der Waals surface area (Å²) in [6, 6.07) is 33.1. The number of aromatic nitrogens is 20. The number of hydrogen-bond acceptors (Lipinski definition) is 15. The number of pyridine rings is 2. The highest BCUT2D eigenvalue weighted by Crippen LogP contribution is 2.36. The molecule has 0 saturated heterocycles. The molecule has 0 radical (unpaired) electrons. The fourth-order valence-electron chi connectivity index (χ4n) is 12.7. The van der Waals surface area contributed by atoms with Gasteiger partial charge in [0, 0.05) is 119 Å². The summed E-state index contributed by atoms with van der Waals surface area (Å²) in [5.74, 6) is 0.635. The van der Waals surface area contributed by atoms with Gasteiger partial charge in [-0.05, 0) is 72.2 Å². The van der Waals surface area contributed by atoms with Gasteiger partial charge < -0.3 is 18.8 Å². The zero-order valence-corrected chi connectivity index (χ0v) is 61.0. The van der Waals surface area contributed by atoms with Crippen molar-refractivity contribution >= 4 is 33.5 Å². The standard InChI is InChI=1S/C27H25F3N6O2.2C26H24F3N7O.2CH4/c1-26(2,38)19-8-6-5-7-18(19)22-31-13-20-24(33-22)36(25(37)35(20)4)14-16-9-11-17(12-10-16)23-32-21(15-34(23)3)27(28,29)30;2*1-15(2)21-18(6-5-11-30-21)22-31-12-19-24(33-22)36(25(37)35(19)4)13-16-7-9-17(10-8-16)23-32-20(14-34(23)3)26(27,28)29;;/h5-13,15,38H,14H2,1-4H3;2*5-12,14-15H,13H2,1-4H3;2*1H4/i;3D3,4D3;3D3;;. The van der Waals surface area contributed by atoms with Crippen molar-refractivity contribution in [2.45, 2.75) is 112 Å². The number of imidazole rings is 6. The Morgan fingerprint density at radius 3 is 1.04 bits per heavy atom. The summed E-state index contributed by atoms with van der Waals surface area (Å²) in [7, 11) is 4.76. The van der Waals surface area contributed by atoms with Crippen LogP contribution >= 0.6 is 0 Å². The highest BCUT2D eigenvalue weighted by atomic mass is 19.4. The first kappa shape index (κ1) is 70.3. The monoisotopic (exact) mass is 1580 g/mol. The molecule has 15 aromatic rings. The second-order valence-corrected chi connectivity index (χ2v) is 27.3. The van der Waals surface area contributed by atoms with Crippen LogP contribution in [0.25, 0.3) is 102 Å². The third-order valence-electron chi connectivity index (χ3n) is 18.3. The maximum absolute atomic E-state index is 13.4. The summed E-state index contributed by atoms with van der Waals surface area (Å²) >= 11 is 0. The third kappa shape index (κ3) is 16.4. The second kappa shape index (κ2) is 31.8. The molecule has 0 fully saturated rings. The van der Waals surface area contributed by atoms with E-state index in [4.69, 9.17) is 22.3 Å². The van der Waals surface area contributed by atoms with E-state index in [1.54, 1.807) is 107 Å². The van der Waals surface area contributed by atoms with Crippen LogP contribution in [0.1, 0.15) is 131 Å². The molecule has 4 aromatic carbocycles. The molecule has 11 heterocycles. The van der Waals surface area contributed by atoms with Gasteiger partial charge in [-0.25, -0.2) is 59.2 Å². The number of halogens is 9. The minimum absolute atomic E-state index is 0. The van der Waals surface area contributed by atoms with Crippen LogP contribution in [0.3, 0.4) is 0 Å². The van der Waals surface area contributed by atoms with E-state index in [1.165, 1.54) is 77.0 Å². The minimum Gasteiger partial charge on any atom is -0.386 e. The molecule has 15 rings (SSSR count). The molecule has 0 aliphatic heterocycles. The van der Waals surface area contributed by atoms with E-state index in [-0.39, 0.29) is 97.5 Å². The van der Waals surface area contributed by atoms with E-state index in [0.29, 0.717) is 99.1 Å². The van der Waals surface area contributed by atoms with Crippen molar-refractivity contribution in [1.29, 1.82) is 0 Å². The van der Waals surface area contributed by atoms with Crippen LogP contribution in [0, 0.1) is 0 Å². The van der Waals surface area contributed by atoms with E-state index in [1.807, 2.05) is 58.0 Å². The van der Waals surface area contributed by atoms with Crippen LogP contribution in [-0.4, -0.2) is 101 Å². The van der Waals surface area contributed by atoms with Gasteiger partial charge in [-0.2, -0.15) is 39.5 Å². The van der Waals surface area contributed by atoms with Gasteiger partial charge >= 0.3 is 35.6 Å². The molecule has 0 aliphatic rings. The quantitative estimate of drug-likeness (QED) is 0.0936. The lowest BCUT2D eigenvalue weighted by atomic mass is 9.93.